The highest BCUT2D eigenvalue weighted by Gasteiger charge is 2.29. The molecule has 0 unspecified atom stereocenters. The van der Waals surface area contributed by atoms with E-state index in [2.05, 4.69) is 5.32 Å². The van der Waals surface area contributed by atoms with Crippen LogP contribution in [0.3, 0.4) is 0 Å². The number of carbonyl (C=O) groups excluding carboxylic acids is 1. The van der Waals surface area contributed by atoms with Crippen molar-refractivity contribution in [1.29, 1.82) is 0 Å². The van der Waals surface area contributed by atoms with Gasteiger partial charge < -0.3 is 5.32 Å². The topological polar surface area (TPSA) is 113 Å². The number of halogens is 2. The smallest absolute Gasteiger partial charge is 0.289 e. The molecule has 160 valence electrons. The van der Waals surface area contributed by atoms with Gasteiger partial charge in [0.2, 0.25) is 15.9 Å². The zero-order valence-electron chi connectivity index (χ0n) is 15.6. The Morgan fingerprint density at radius 3 is 2.30 bits per heavy atom. The first kappa shape index (κ1) is 22.4. The van der Waals surface area contributed by atoms with Gasteiger partial charge in [0.15, 0.2) is 0 Å². The first-order valence-corrected chi connectivity index (χ1v) is 11.1. The van der Waals surface area contributed by atoms with E-state index in [0.717, 1.165) is 0 Å². The molecule has 2 aromatic carbocycles. The van der Waals surface area contributed by atoms with E-state index < -0.39 is 14.9 Å². The number of nitro benzene ring substituents is 1. The summed E-state index contributed by atoms with van der Waals surface area (Å²) in [7, 11) is -3.63. The van der Waals surface area contributed by atoms with E-state index in [1.165, 1.54) is 46.8 Å². The Morgan fingerprint density at radius 2 is 1.70 bits per heavy atom. The van der Waals surface area contributed by atoms with Gasteiger partial charge in [-0.3, -0.25) is 19.8 Å². The first-order chi connectivity index (χ1) is 14.2. The molecule has 1 aliphatic heterocycles. The molecular formula is C18H18Cl2N4O5S. The third-order valence-electron chi connectivity index (χ3n) is 4.58. The fourth-order valence-electron chi connectivity index (χ4n) is 3.02. The fourth-order valence-corrected chi connectivity index (χ4v) is 4.75. The Morgan fingerprint density at radius 1 is 1.07 bits per heavy atom. The lowest BCUT2D eigenvalue weighted by Gasteiger charge is -2.33. The van der Waals surface area contributed by atoms with Crippen LogP contribution in [0.4, 0.5) is 11.4 Å². The highest BCUT2D eigenvalue weighted by atomic mass is 35.5. The predicted octanol–water partition coefficient (Wildman–Crippen LogP) is 2.85. The highest BCUT2D eigenvalue weighted by Crippen LogP contribution is 2.27. The number of piperazine rings is 1. The van der Waals surface area contributed by atoms with Crippen molar-refractivity contribution in [1.82, 2.24) is 9.21 Å². The van der Waals surface area contributed by atoms with Gasteiger partial charge in [0.1, 0.15) is 5.02 Å². The maximum absolute atomic E-state index is 12.7. The van der Waals surface area contributed by atoms with E-state index in [0.29, 0.717) is 18.1 Å². The molecule has 0 radical (unpaired) electrons. The van der Waals surface area contributed by atoms with Gasteiger partial charge in [-0.2, -0.15) is 4.31 Å². The van der Waals surface area contributed by atoms with E-state index >= 15 is 0 Å². The molecule has 2 aromatic rings. The molecule has 1 N–H and O–H groups in total. The van der Waals surface area contributed by atoms with Crippen molar-refractivity contribution >= 4 is 50.5 Å². The van der Waals surface area contributed by atoms with Crippen LogP contribution in [0.15, 0.2) is 47.4 Å². The number of hydrogen-bond acceptors (Lipinski definition) is 6. The second-order valence-corrected chi connectivity index (χ2v) is 9.39. The second kappa shape index (κ2) is 9.27. The number of sulfonamides is 1. The zero-order valence-corrected chi connectivity index (χ0v) is 18.0. The largest absolute Gasteiger partial charge is 0.325 e. The molecule has 1 saturated heterocycles. The minimum Gasteiger partial charge on any atom is -0.325 e. The molecule has 1 fully saturated rings. The van der Waals surface area contributed by atoms with Gasteiger partial charge in [-0.25, -0.2) is 8.42 Å². The predicted molar refractivity (Wildman–Crippen MR) is 113 cm³/mol. The standard InChI is InChI=1S/C18H18Cl2N4O5S/c19-13-1-4-15(5-2-13)30(28,29)23-9-7-22(8-10-23)12-18(25)21-14-3-6-16(20)17(11-14)24(26)27/h1-6,11H,7-10,12H2,(H,21,25). The minimum absolute atomic E-state index is 0.0176. The summed E-state index contributed by atoms with van der Waals surface area (Å²) in [5, 5.41) is 14.0. The van der Waals surface area contributed by atoms with Crippen LogP contribution in [0.25, 0.3) is 0 Å². The minimum atomic E-state index is -3.63. The molecule has 0 saturated carbocycles. The number of amides is 1. The van der Waals surface area contributed by atoms with Crippen molar-refractivity contribution in [3.63, 3.8) is 0 Å². The molecule has 3 rings (SSSR count). The molecule has 0 spiro atoms. The molecule has 9 nitrogen and oxygen atoms in total. The van der Waals surface area contributed by atoms with Crippen molar-refractivity contribution in [3.05, 3.63) is 62.6 Å². The Labute approximate surface area is 183 Å². The number of benzene rings is 2. The van der Waals surface area contributed by atoms with Gasteiger partial charge >= 0.3 is 0 Å². The Kier molecular flexibility index (Phi) is 6.94. The van der Waals surface area contributed by atoms with Gasteiger partial charge in [0.05, 0.1) is 16.4 Å². The van der Waals surface area contributed by atoms with Crippen LogP contribution in [0.1, 0.15) is 0 Å². The Hall–Kier alpha value is -2.24. The van der Waals surface area contributed by atoms with Crippen LogP contribution < -0.4 is 5.32 Å². The number of rotatable bonds is 6. The summed E-state index contributed by atoms with van der Waals surface area (Å²) in [6.45, 7) is 1.27. The zero-order chi connectivity index (χ0) is 21.9. The molecule has 0 bridgehead atoms. The number of nitrogens with one attached hydrogen (secondary N) is 1. The SMILES string of the molecule is O=C(CN1CCN(S(=O)(=O)c2ccc(Cl)cc2)CC1)Nc1ccc(Cl)c([N+](=O)[O-])c1. The maximum Gasteiger partial charge on any atom is 0.289 e. The van der Waals surface area contributed by atoms with Crippen LogP contribution >= 0.6 is 23.2 Å². The molecule has 1 aliphatic rings. The third-order valence-corrected chi connectivity index (χ3v) is 7.06. The fraction of sp³-hybridized carbons (Fsp3) is 0.278. The summed E-state index contributed by atoms with van der Waals surface area (Å²) < 4.78 is 26.8. The molecule has 30 heavy (non-hydrogen) atoms. The van der Waals surface area contributed by atoms with Gasteiger partial charge in [-0.05, 0) is 36.4 Å². The van der Waals surface area contributed by atoms with Crippen molar-refractivity contribution in [2.75, 3.05) is 38.0 Å². The van der Waals surface area contributed by atoms with Crippen molar-refractivity contribution in [2.45, 2.75) is 4.90 Å². The summed E-state index contributed by atoms with van der Waals surface area (Å²) in [5.74, 6) is -0.361. The number of carbonyl (C=O) groups is 1. The normalized spacial score (nSPS) is 15.7. The van der Waals surface area contributed by atoms with Crippen LogP contribution in [0, 0.1) is 10.1 Å². The summed E-state index contributed by atoms with van der Waals surface area (Å²) in [6, 6.07) is 9.98. The molecular weight excluding hydrogens is 455 g/mol. The molecule has 12 heteroatoms. The van der Waals surface area contributed by atoms with E-state index in [1.54, 1.807) is 0 Å². The van der Waals surface area contributed by atoms with Crippen LogP contribution in [0.2, 0.25) is 10.0 Å². The van der Waals surface area contributed by atoms with Crippen molar-refractivity contribution < 1.29 is 18.1 Å². The van der Waals surface area contributed by atoms with Crippen LogP contribution in [-0.2, 0) is 14.8 Å². The lowest BCUT2D eigenvalue weighted by molar-refractivity contribution is -0.384. The van der Waals surface area contributed by atoms with Crippen LogP contribution in [-0.4, -0.2) is 61.2 Å². The summed E-state index contributed by atoms with van der Waals surface area (Å²) in [6.07, 6.45) is 0. The average molecular weight is 473 g/mol. The average Bonchev–Trinajstić information content (AvgIpc) is 2.70. The quantitative estimate of drug-likeness (QED) is 0.510. The molecule has 0 atom stereocenters. The van der Waals surface area contributed by atoms with E-state index in [4.69, 9.17) is 23.2 Å². The summed E-state index contributed by atoms with van der Waals surface area (Å²) in [4.78, 5) is 24.6. The lowest BCUT2D eigenvalue weighted by atomic mass is 10.2. The van der Waals surface area contributed by atoms with Gasteiger partial charge in [-0.15, -0.1) is 0 Å². The monoisotopic (exact) mass is 472 g/mol. The van der Waals surface area contributed by atoms with E-state index in [1.807, 2.05) is 4.90 Å². The van der Waals surface area contributed by atoms with Gasteiger partial charge in [0.25, 0.3) is 5.69 Å². The molecule has 0 aromatic heterocycles. The van der Waals surface area contributed by atoms with E-state index in [-0.39, 0.29) is 46.8 Å². The Balaban J connectivity index is 1.55. The van der Waals surface area contributed by atoms with Crippen LogP contribution in [0.5, 0.6) is 0 Å². The van der Waals surface area contributed by atoms with Gasteiger partial charge in [0, 0.05) is 43.0 Å². The van der Waals surface area contributed by atoms with Crippen molar-refractivity contribution in [3.8, 4) is 0 Å². The summed E-state index contributed by atoms with van der Waals surface area (Å²) >= 11 is 11.6. The number of anilines is 1. The lowest BCUT2D eigenvalue weighted by Crippen LogP contribution is -2.50. The third kappa shape index (κ3) is 5.27. The van der Waals surface area contributed by atoms with Gasteiger partial charge in [-0.1, -0.05) is 23.2 Å². The second-order valence-electron chi connectivity index (χ2n) is 6.61. The number of nitro groups is 1. The first-order valence-electron chi connectivity index (χ1n) is 8.88. The summed E-state index contributed by atoms with van der Waals surface area (Å²) in [5.41, 5.74) is -0.0319. The van der Waals surface area contributed by atoms with Crippen molar-refractivity contribution in [2.24, 2.45) is 0 Å². The molecule has 0 aliphatic carbocycles. The number of hydrogen-bond donors (Lipinski definition) is 1. The van der Waals surface area contributed by atoms with E-state index in [9.17, 15) is 23.3 Å². The molecule has 1 amide bonds. The Bertz CT molecular complexity index is 1050. The molecule has 1 heterocycles. The maximum atomic E-state index is 12.7. The number of nitrogens with zero attached hydrogens (tertiary/aromatic N) is 3. The highest BCUT2D eigenvalue weighted by molar-refractivity contribution is 7.89.